The smallest absolute Gasteiger partial charge is 0.191 e. The zero-order chi connectivity index (χ0) is 13.0. The Morgan fingerprint density at radius 3 is 2.68 bits per heavy atom. The van der Waals surface area contributed by atoms with Crippen molar-refractivity contribution >= 4 is 29.9 Å². The van der Waals surface area contributed by atoms with E-state index in [2.05, 4.69) is 28.9 Å². The van der Waals surface area contributed by atoms with Crippen LogP contribution in [0.5, 0.6) is 0 Å². The molecule has 2 heterocycles. The summed E-state index contributed by atoms with van der Waals surface area (Å²) >= 11 is 0. The van der Waals surface area contributed by atoms with Gasteiger partial charge >= 0.3 is 0 Å². The molecule has 5 nitrogen and oxygen atoms in total. The number of aliphatic imine (C=N–C) groups is 1. The van der Waals surface area contributed by atoms with E-state index in [0.29, 0.717) is 18.4 Å². The molecule has 0 amide bonds. The third-order valence-corrected chi connectivity index (χ3v) is 3.25. The van der Waals surface area contributed by atoms with Gasteiger partial charge in [-0.2, -0.15) is 0 Å². The highest BCUT2D eigenvalue weighted by Crippen LogP contribution is 2.15. The molecule has 0 radical (unpaired) electrons. The van der Waals surface area contributed by atoms with Gasteiger partial charge in [-0.1, -0.05) is 19.0 Å². The molecule has 0 aliphatic carbocycles. The monoisotopic (exact) mass is 378 g/mol. The minimum Gasteiger partial charge on any atom is -0.370 e. The van der Waals surface area contributed by atoms with Gasteiger partial charge in [-0.25, -0.2) is 4.99 Å². The van der Waals surface area contributed by atoms with Crippen molar-refractivity contribution in [2.24, 2.45) is 10.7 Å². The van der Waals surface area contributed by atoms with Gasteiger partial charge in [0.1, 0.15) is 6.54 Å². The van der Waals surface area contributed by atoms with Crippen LogP contribution in [0.1, 0.15) is 50.5 Å². The summed E-state index contributed by atoms with van der Waals surface area (Å²) in [5.41, 5.74) is 6.95. The first kappa shape index (κ1) is 16.3. The molecular formula is C13H23IN4O. The molecule has 1 aromatic rings. The topological polar surface area (TPSA) is 67.7 Å². The second-order valence-electron chi connectivity index (χ2n) is 5.09. The van der Waals surface area contributed by atoms with Crippen molar-refractivity contribution in [2.75, 3.05) is 13.1 Å². The molecule has 0 saturated carbocycles. The number of halogens is 1. The third-order valence-electron chi connectivity index (χ3n) is 3.25. The lowest BCUT2D eigenvalue weighted by Gasteiger charge is -2.27. The summed E-state index contributed by atoms with van der Waals surface area (Å²) in [5.74, 6) is 1.78. The largest absolute Gasteiger partial charge is 0.370 e. The highest BCUT2D eigenvalue weighted by Gasteiger charge is 2.12. The van der Waals surface area contributed by atoms with Crippen LogP contribution in [-0.2, 0) is 6.54 Å². The Hall–Kier alpha value is -0.790. The van der Waals surface area contributed by atoms with Gasteiger partial charge in [0.05, 0.1) is 5.69 Å². The Kier molecular flexibility index (Phi) is 6.60. The predicted octanol–water partition coefficient (Wildman–Crippen LogP) is 2.72. The molecule has 1 saturated heterocycles. The number of nitrogens with zero attached hydrogens (tertiary/aromatic N) is 3. The average molecular weight is 378 g/mol. The van der Waals surface area contributed by atoms with E-state index >= 15 is 0 Å². The van der Waals surface area contributed by atoms with Crippen LogP contribution in [0.4, 0.5) is 0 Å². The Morgan fingerprint density at radius 2 is 2.11 bits per heavy atom. The highest BCUT2D eigenvalue weighted by atomic mass is 127. The molecule has 0 spiro atoms. The minimum absolute atomic E-state index is 0. The second-order valence-corrected chi connectivity index (χ2v) is 5.09. The molecule has 1 aliphatic rings. The van der Waals surface area contributed by atoms with Crippen molar-refractivity contribution in [1.29, 1.82) is 0 Å². The Labute approximate surface area is 131 Å². The Morgan fingerprint density at radius 1 is 1.42 bits per heavy atom. The lowest BCUT2D eigenvalue weighted by atomic mass is 10.1. The maximum Gasteiger partial charge on any atom is 0.191 e. The fraction of sp³-hybridized carbons (Fsp3) is 0.692. The molecule has 2 N–H and O–H groups in total. The third kappa shape index (κ3) is 4.67. The molecule has 1 fully saturated rings. The van der Waals surface area contributed by atoms with Crippen molar-refractivity contribution in [3.8, 4) is 0 Å². The van der Waals surface area contributed by atoms with Crippen LogP contribution in [0.3, 0.4) is 0 Å². The molecule has 108 valence electrons. The number of piperidine rings is 1. The van der Waals surface area contributed by atoms with Crippen molar-refractivity contribution in [3.63, 3.8) is 0 Å². The van der Waals surface area contributed by atoms with Crippen molar-refractivity contribution in [1.82, 2.24) is 10.1 Å². The van der Waals surface area contributed by atoms with Gasteiger partial charge in [0.15, 0.2) is 11.7 Å². The van der Waals surface area contributed by atoms with Gasteiger partial charge < -0.3 is 15.2 Å². The van der Waals surface area contributed by atoms with Gasteiger partial charge in [0.25, 0.3) is 0 Å². The number of hydrogen-bond donors (Lipinski definition) is 1. The lowest BCUT2D eigenvalue weighted by Crippen LogP contribution is -2.40. The molecule has 0 atom stereocenters. The quantitative estimate of drug-likeness (QED) is 0.499. The zero-order valence-electron chi connectivity index (χ0n) is 11.6. The van der Waals surface area contributed by atoms with Crippen LogP contribution < -0.4 is 5.73 Å². The number of rotatable bonds is 3. The maximum atomic E-state index is 5.98. The standard InChI is InChI=1S/C13H22N4O.HI/c1-10(2)12-8-11(18-16-12)9-15-13(14)17-6-4-3-5-7-17;/h8,10H,3-7,9H2,1-2H3,(H2,14,15);1H. The highest BCUT2D eigenvalue weighted by molar-refractivity contribution is 14.0. The minimum atomic E-state index is 0. The summed E-state index contributed by atoms with van der Waals surface area (Å²) in [6.45, 7) is 6.69. The number of guanidine groups is 1. The zero-order valence-corrected chi connectivity index (χ0v) is 14.0. The molecule has 0 bridgehead atoms. The summed E-state index contributed by atoms with van der Waals surface area (Å²) < 4.78 is 5.23. The molecule has 0 aromatic carbocycles. The number of aromatic nitrogens is 1. The van der Waals surface area contributed by atoms with Crippen LogP contribution in [-0.4, -0.2) is 29.1 Å². The normalized spacial score (nSPS) is 16.6. The lowest BCUT2D eigenvalue weighted by molar-refractivity contribution is 0.336. The van der Waals surface area contributed by atoms with Crippen molar-refractivity contribution < 1.29 is 4.52 Å². The van der Waals surface area contributed by atoms with Crippen molar-refractivity contribution in [2.45, 2.75) is 45.6 Å². The van der Waals surface area contributed by atoms with Crippen LogP contribution >= 0.6 is 24.0 Å². The summed E-state index contributed by atoms with van der Waals surface area (Å²) in [7, 11) is 0. The molecule has 0 unspecified atom stereocenters. The maximum absolute atomic E-state index is 5.98. The molecule has 6 heteroatoms. The van der Waals surface area contributed by atoms with Crippen LogP contribution in [0.15, 0.2) is 15.6 Å². The molecule has 2 rings (SSSR count). The molecule has 1 aromatic heterocycles. The van der Waals surface area contributed by atoms with E-state index in [1.54, 1.807) is 0 Å². The number of likely N-dealkylation sites (tertiary alicyclic amines) is 1. The molecule has 19 heavy (non-hydrogen) atoms. The summed E-state index contributed by atoms with van der Waals surface area (Å²) in [6.07, 6.45) is 3.70. The predicted molar refractivity (Wildman–Crippen MR) is 86.8 cm³/mol. The first-order valence-corrected chi connectivity index (χ1v) is 6.67. The Balaban J connectivity index is 0.00000180. The van der Waals surface area contributed by atoms with Crippen LogP contribution in [0.25, 0.3) is 0 Å². The van der Waals surface area contributed by atoms with Crippen molar-refractivity contribution in [3.05, 3.63) is 17.5 Å². The first-order chi connectivity index (χ1) is 8.66. The fourth-order valence-electron chi connectivity index (χ4n) is 2.06. The molecular weight excluding hydrogens is 355 g/mol. The number of nitrogens with two attached hydrogens (primary N) is 1. The van der Waals surface area contributed by atoms with Gasteiger partial charge in [0.2, 0.25) is 0 Å². The van der Waals surface area contributed by atoms with E-state index in [1.165, 1.54) is 19.3 Å². The summed E-state index contributed by atoms with van der Waals surface area (Å²) in [5, 5.41) is 4.01. The first-order valence-electron chi connectivity index (χ1n) is 6.67. The molecule has 1 aliphatic heterocycles. The van der Waals surface area contributed by atoms with E-state index in [4.69, 9.17) is 10.3 Å². The van der Waals surface area contributed by atoms with E-state index < -0.39 is 0 Å². The van der Waals surface area contributed by atoms with E-state index in [0.717, 1.165) is 24.5 Å². The fourth-order valence-corrected chi connectivity index (χ4v) is 2.06. The van der Waals surface area contributed by atoms with Gasteiger partial charge in [-0.15, -0.1) is 24.0 Å². The Bertz CT molecular complexity index is 411. The van der Waals surface area contributed by atoms with Gasteiger partial charge in [-0.3, -0.25) is 0 Å². The van der Waals surface area contributed by atoms with Gasteiger partial charge in [0, 0.05) is 19.2 Å². The van der Waals surface area contributed by atoms with Gasteiger partial charge in [-0.05, 0) is 25.2 Å². The second kappa shape index (κ2) is 7.72. The summed E-state index contributed by atoms with van der Waals surface area (Å²) in [4.78, 5) is 6.52. The van der Waals surface area contributed by atoms with E-state index in [1.807, 2.05) is 6.07 Å². The van der Waals surface area contributed by atoms with E-state index in [-0.39, 0.29) is 24.0 Å². The SMILES string of the molecule is CC(C)c1cc(CN=C(N)N2CCCCC2)on1.I. The average Bonchev–Trinajstić information content (AvgIpc) is 2.86. The van der Waals surface area contributed by atoms with E-state index in [9.17, 15) is 0 Å². The van der Waals surface area contributed by atoms with Crippen LogP contribution in [0, 0.1) is 0 Å². The number of hydrogen-bond acceptors (Lipinski definition) is 3. The summed E-state index contributed by atoms with van der Waals surface area (Å²) in [6, 6.07) is 1.96. The van der Waals surface area contributed by atoms with Crippen LogP contribution in [0.2, 0.25) is 0 Å².